The van der Waals surface area contributed by atoms with Crippen LogP contribution in [0.3, 0.4) is 0 Å². The number of carboxylic acids is 1. The fourth-order valence-corrected chi connectivity index (χ4v) is 3.54. The number of amides is 1. The fraction of sp³-hybridized carbons (Fsp3) is 0.471. The summed E-state index contributed by atoms with van der Waals surface area (Å²) in [5.41, 5.74) is 1.44. The van der Waals surface area contributed by atoms with Gasteiger partial charge in [-0.05, 0) is 6.07 Å². The molecule has 2 N–H and O–H groups in total. The van der Waals surface area contributed by atoms with E-state index in [1.165, 1.54) is 0 Å². The van der Waals surface area contributed by atoms with E-state index in [2.05, 4.69) is 30.0 Å². The monoisotopic (exact) mass is 371 g/mol. The van der Waals surface area contributed by atoms with E-state index in [1.54, 1.807) is 23.4 Å². The molecule has 4 rings (SSSR count). The molecule has 10 heteroatoms. The minimum Gasteiger partial charge on any atom is -0.476 e. The first-order valence-electron chi connectivity index (χ1n) is 8.93. The molecule has 1 fully saturated rings. The highest BCUT2D eigenvalue weighted by atomic mass is 16.4. The number of aromatic nitrogens is 4. The van der Waals surface area contributed by atoms with Crippen LogP contribution in [0.25, 0.3) is 0 Å². The number of anilines is 1. The number of aromatic amines is 1. The summed E-state index contributed by atoms with van der Waals surface area (Å²) >= 11 is 0. The molecule has 27 heavy (non-hydrogen) atoms. The van der Waals surface area contributed by atoms with E-state index in [-0.39, 0.29) is 11.6 Å². The van der Waals surface area contributed by atoms with Crippen molar-refractivity contribution in [2.45, 2.75) is 13.0 Å². The van der Waals surface area contributed by atoms with Gasteiger partial charge in [-0.2, -0.15) is 5.10 Å². The second kappa shape index (κ2) is 7.31. The lowest BCUT2D eigenvalue weighted by molar-refractivity contribution is -0.133. The van der Waals surface area contributed by atoms with Gasteiger partial charge in [0.25, 0.3) is 0 Å². The number of carbonyl (C=O) groups excluding carboxylic acids is 1. The SMILES string of the molecule is O=C(O)c1n[nH]c2c1CN(C(=O)CN1CCN(c3ncccn3)CC1)CC2. The maximum atomic E-state index is 12.7. The molecule has 10 nitrogen and oxygen atoms in total. The van der Waals surface area contributed by atoms with E-state index in [9.17, 15) is 14.7 Å². The molecule has 0 saturated carbocycles. The molecule has 2 aromatic rings. The smallest absolute Gasteiger partial charge is 0.356 e. The van der Waals surface area contributed by atoms with E-state index in [0.717, 1.165) is 31.9 Å². The van der Waals surface area contributed by atoms with Crippen LogP contribution in [0.4, 0.5) is 5.95 Å². The highest BCUT2D eigenvalue weighted by molar-refractivity contribution is 5.88. The number of carboxylic acid groups (broad SMARTS) is 1. The third-order valence-corrected chi connectivity index (χ3v) is 5.05. The summed E-state index contributed by atoms with van der Waals surface area (Å²) in [4.78, 5) is 38.4. The van der Waals surface area contributed by atoms with E-state index in [0.29, 0.717) is 37.6 Å². The number of hydrogen-bond donors (Lipinski definition) is 2. The molecule has 0 aromatic carbocycles. The molecule has 142 valence electrons. The van der Waals surface area contributed by atoms with Crippen molar-refractivity contribution in [3.05, 3.63) is 35.4 Å². The molecule has 0 bridgehead atoms. The summed E-state index contributed by atoms with van der Waals surface area (Å²) in [5.74, 6) is -0.336. The normalized spacial score (nSPS) is 17.6. The third-order valence-electron chi connectivity index (χ3n) is 5.05. The molecule has 0 aliphatic carbocycles. The standard InChI is InChI=1S/C17H21N7O3/c25-14(24-5-2-13-12(10-24)15(16(26)27)21-20-13)11-22-6-8-23(9-7-22)17-18-3-1-4-19-17/h1,3-4H,2,5-11H2,(H,20,21)(H,26,27). The third kappa shape index (κ3) is 3.61. The van der Waals surface area contributed by atoms with Crippen LogP contribution in [0.15, 0.2) is 18.5 Å². The van der Waals surface area contributed by atoms with Gasteiger partial charge in [0.2, 0.25) is 11.9 Å². The molecule has 1 amide bonds. The van der Waals surface area contributed by atoms with Crippen molar-refractivity contribution in [3.8, 4) is 0 Å². The maximum absolute atomic E-state index is 12.7. The van der Waals surface area contributed by atoms with Crippen molar-refractivity contribution in [1.82, 2.24) is 30.0 Å². The number of fused-ring (bicyclic) bond motifs is 1. The number of carbonyl (C=O) groups is 2. The zero-order chi connectivity index (χ0) is 18.8. The summed E-state index contributed by atoms with van der Waals surface area (Å²) in [6, 6.07) is 1.79. The summed E-state index contributed by atoms with van der Waals surface area (Å²) in [6.07, 6.45) is 4.05. The van der Waals surface area contributed by atoms with Crippen LogP contribution in [-0.2, 0) is 17.8 Å². The van der Waals surface area contributed by atoms with Gasteiger partial charge in [0.15, 0.2) is 5.69 Å². The Kier molecular flexibility index (Phi) is 4.71. The Morgan fingerprint density at radius 2 is 1.85 bits per heavy atom. The van der Waals surface area contributed by atoms with Gasteiger partial charge in [0, 0.05) is 69.3 Å². The molecular formula is C17H21N7O3. The predicted molar refractivity (Wildman–Crippen MR) is 95.4 cm³/mol. The topological polar surface area (TPSA) is 119 Å². The van der Waals surface area contributed by atoms with Gasteiger partial charge in [-0.25, -0.2) is 14.8 Å². The number of nitrogens with zero attached hydrogens (tertiary/aromatic N) is 6. The Morgan fingerprint density at radius 3 is 2.56 bits per heavy atom. The average molecular weight is 371 g/mol. The van der Waals surface area contributed by atoms with Gasteiger partial charge < -0.3 is 14.9 Å². The molecule has 0 unspecified atom stereocenters. The maximum Gasteiger partial charge on any atom is 0.356 e. The number of nitrogens with one attached hydrogen (secondary N) is 1. The van der Waals surface area contributed by atoms with E-state index < -0.39 is 5.97 Å². The largest absolute Gasteiger partial charge is 0.476 e. The Balaban J connectivity index is 1.32. The molecule has 2 aliphatic rings. The molecule has 2 aliphatic heterocycles. The first kappa shape index (κ1) is 17.4. The van der Waals surface area contributed by atoms with Gasteiger partial charge in [0.05, 0.1) is 6.54 Å². The minimum atomic E-state index is -1.07. The van der Waals surface area contributed by atoms with Gasteiger partial charge in [0.1, 0.15) is 0 Å². The van der Waals surface area contributed by atoms with Gasteiger partial charge in [-0.15, -0.1) is 0 Å². The highest BCUT2D eigenvalue weighted by Crippen LogP contribution is 2.21. The van der Waals surface area contributed by atoms with E-state index >= 15 is 0 Å². The Labute approximate surface area is 155 Å². The number of aromatic carboxylic acids is 1. The molecule has 0 atom stereocenters. The lowest BCUT2D eigenvalue weighted by Gasteiger charge is -2.35. The van der Waals surface area contributed by atoms with Gasteiger partial charge in [-0.1, -0.05) is 0 Å². The summed E-state index contributed by atoms with van der Waals surface area (Å²) < 4.78 is 0. The molecule has 0 radical (unpaired) electrons. The summed E-state index contributed by atoms with van der Waals surface area (Å²) in [7, 11) is 0. The molecular weight excluding hydrogens is 350 g/mol. The van der Waals surface area contributed by atoms with E-state index in [4.69, 9.17) is 0 Å². The second-order valence-electron chi connectivity index (χ2n) is 6.71. The number of piperazine rings is 1. The molecule has 1 saturated heterocycles. The fourth-order valence-electron chi connectivity index (χ4n) is 3.54. The van der Waals surface area contributed by atoms with Gasteiger partial charge >= 0.3 is 5.97 Å². The van der Waals surface area contributed by atoms with Crippen LogP contribution < -0.4 is 4.90 Å². The highest BCUT2D eigenvalue weighted by Gasteiger charge is 2.29. The predicted octanol–water partition coefficient (Wildman–Crippen LogP) is -0.395. The Bertz CT molecular complexity index is 830. The van der Waals surface area contributed by atoms with Crippen LogP contribution in [0.1, 0.15) is 21.7 Å². The molecule has 0 spiro atoms. The Hall–Kier alpha value is -3.01. The van der Waals surface area contributed by atoms with Crippen molar-refractivity contribution < 1.29 is 14.7 Å². The first-order valence-corrected chi connectivity index (χ1v) is 8.93. The first-order chi connectivity index (χ1) is 13.1. The second-order valence-corrected chi connectivity index (χ2v) is 6.71. The van der Waals surface area contributed by atoms with E-state index in [1.807, 2.05) is 0 Å². The van der Waals surface area contributed by atoms with Crippen molar-refractivity contribution in [3.63, 3.8) is 0 Å². The van der Waals surface area contributed by atoms with Gasteiger partial charge in [-0.3, -0.25) is 14.8 Å². The minimum absolute atomic E-state index is 0.0129. The van der Waals surface area contributed by atoms with Crippen LogP contribution in [0.5, 0.6) is 0 Å². The van der Waals surface area contributed by atoms with Crippen LogP contribution in [0, 0.1) is 0 Å². The van der Waals surface area contributed by atoms with Crippen molar-refractivity contribution >= 4 is 17.8 Å². The quantitative estimate of drug-likeness (QED) is 0.746. The number of hydrogen-bond acceptors (Lipinski definition) is 7. The average Bonchev–Trinajstić information content (AvgIpc) is 3.13. The van der Waals surface area contributed by atoms with Crippen molar-refractivity contribution in [2.75, 3.05) is 44.2 Å². The zero-order valence-electron chi connectivity index (χ0n) is 14.8. The summed E-state index contributed by atoms with van der Waals surface area (Å²) in [5, 5.41) is 15.9. The number of rotatable bonds is 4. The zero-order valence-corrected chi connectivity index (χ0v) is 14.8. The summed E-state index contributed by atoms with van der Waals surface area (Å²) in [6.45, 7) is 4.26. The molecule has 2 aromatic heterocycles. The number of H-pyrrole nitrogens is 1. The lowest BCUT2D eigenvalue weighted by atomic mass is 10.1. The van der Waals surface area contributed by atoms with Crippen molar-refractivity contribution in [2.24, 2.45) is 0 Å². The Morgan fingerprint density at radius 1 is 1.11 bits per heavy atom. The van der Waals surface area contributed by atoms with Crippen LogP contribution in [0.2, 0.25) is 0 Å². The van der Waals surface area contributed by atoms with Crippen molar-refractivity contribution in [1.29, 1.82) is 0 Å². The van der Waals surface area contributed by atoms with Crippen LogP contribution >= 0.6 is 0 Å². The van der Waals surface area contributed by atoms with Crippen LogP contribution in [-0.4, -0.2) is 86.2 Å². The molecule has 4 heterocycles. The lowest BCUT2D eigenvalue weighted by Crippen LogP contribution is -2.51.